The highest BCUT2D eigenvalue weighted by molar-refractivity contribution is 7.52. The Bertz CT molecular complexity index is 435. The molecule has 88 valence electrons. The summed E-state index contributed by atoms with van der Waals surface area (Å²) < 4.78 is 10.9. The highest BCUT2D eigenvalue weighted by Crippen LogP contribution is 2.42. The van der Waals surface area contributed by atoms with Gasteiger partial charge in [-0.15, -0.1) is 0 Å². The van der Waals surface area contributed by atoms with Crippen LogP contribution in [0.1, 0.15) is 29.3 Å². The Balaban J connectivity index is 2.82. The van der Waals surface area contributed by atoms with E-state index in [1.807, 2.05) is 6.07 Å². The van der Waals surface area contributed by atoms with E-state index in [-0.39, 0.29) is 12.2 Å². The molecule has 5 heteroatoms. The van der Waals surface area contributed by atoms with Crippen molar-refractivity contribution in [3.05, 3.63) is 35.4 Å². The normalized spacial score (nSPS) is 13.5. The summed E-state index contributed by atoms with van der Waals surface area (Å²) in [6.45, 7) is 3.19. The van der Waals surface area contributed by atoms with E-state index in [2.05, 4.69) is 0 Å². The van der Waals surface area contributed by atoms with Crippen molar-refractivity contribution in [1.82, 2.24) is 0 Å². The standard InChI is InChI=1S/C11H15O4P/c1-8-5-3-4-6-10(8)11(12)7-9(2)16(13,14)15/h3-6,9H,7H2,1-2H3,(H2,13,14,15). The largest absolute Gasteiger partial charge is 0.328 e. The van der Waals surface area contributed by atoms with Crippen LogP contribution in [0.15, 0.2) is 24.3 Å². The molecule has 0 aliphatic heterocycles. The second kappa shape index (κ2) is 4.91. The summed E-state index contributed by atoms with van der Waals surface area (Å²) in [6, 6.07) is 7.03. The van der Waals surface area contributed by atoms with Crippen molar-refractivity contribution < 1.29 is 19.1 Å². The van der Waals surface area contributed by atoms with Crippen molar-refractivity contribution in [3.63, 3.8) is 0 Å². The zero-order valence-corrected chi connectivity index (χ0v) is 10.1. The molecule has 16 heavy (non-hydrogen) atoms. The van der Waals surface area contributed by atoms with Crippen LogP contribution in [0.3, 0.4) is 0 Å². The van der Waals surface area contributed by atoms with Crippen LogP contribution in [0.5, 0.6) is 0 Å². The summed E-state index contributed by atoms with van der Waals surface area (Å²) in [5, 5.41) is 0. The van der Waals surface area contributed by atoms with E-state index in [0.29, 0.717) is 5.56 Å². The Morgan fingerprint density at radius 1 is 1.38 bits per heavy atom. The molecule has 4 nitrogen and oxygen atoms in total. The van der Waals surface area contributed by atoms with Gasteiger partial charge in [0, 0.05) is 12.0 Å². The van der Waals surface area contributed by atoms with Gasteiger partial charge in [0.2, 0.25) is 0 Å². The third-order valence-corrected chi connectivity index (χ3v) is 3.83. The summed E-state index contributed by atoms with van der Waals surface area (Å²) in [5.74, 6) is -0.228. The second-order valence-corrected chi connectivity index (χ2v) is 5.94. The lowest BCUT2D eigenvalue weighted by atomic mass is 10.0. The first kappa shape index (κ1) is 13.1. The number of Topliss-reactive ketones (excluding diaryl/α,β-unsaturated/α-hetero) is 1. The molecule has 1 aromatic carbocycles. The van der Waals surface area contributed by atoms with Crippen molar-refractivity contribution in [2.45, 2.75) is 25.9 Å². The number of hydrogen-bond donors (Lipinski definition) is 2. The third-order valence-electron chi connectivity index (χ3n) is 2.50. The maximum atomic E-state index is 11.8. The molecule has 0 aliphatic carbocycles. The number of hydrogen-bond acceptors (Lipinski definition) is 2. The third kappa shape index (κ3) is 3.27. The van der Waals surface area contributed by atoms with Gasteiger partial charge in [-0.3, -0.25) is 9.36 Å². The predicted octanol–water partition coefficient (Wildman–Crippen LogP) is 2.13. The number of ketones is 1. The highest BCUT2D eigenvalue weighted by Gasteiger charge is 2.26. The van der Waals surface area contributed by atoms with Crippen LogP contribution in [-0.4, -0.2) is 21.2 Å². The molecule has 2 N–H and O–H groups in total. The summed E-state index contributed by atoms with van der Waals surface area (Å²) in [6.07, 6.45) is -0.130. The van der Waals surface area contributed by atoms with Gasteiger partial charge in [-0.1, -0.05) is 31.2 Å². The molecule has 0 aliphatic rings. The first-order valence-corrected chi connectivity index (χ1v) is 6.64. The van der Waals surface area contributed by atoms with Gasteiger partial charge in [0.25, 0.3) is 0 Å². The number of carbonyl (C=O) groups excluding carboxylic acids is 1. The molecule has 1 rings (SSSR count). The van der Waals surface area contributed by atoms with Gasteiger partial charge in [0.05, 0.1) is 5.66 Å². The van der Waals surface area contributed by atoms with Crippen LogP contribution in [0.4, 0.5) is 0 Å². The minimum absolute atomic E-state index is 0.130. The molecule has 0 amide bonds. The Kier molecular flexibility index (Phi) is 4.03. The highest BCUT2D eigenvalue weighted by atomic mass is 31.2. The number of aryl methyl sites for hydroxylation is 1. The van der Waals surface area contributed by atoms with Crippen LogP contribution in [0.2, 0.25) is 0 Å². The molecular formula is C11H15O4P. The average molecular weight is 242 g/mol. The molecule has 0 spiro atoms. The fourth-order valence-corrected chi connectivity index (χ4v) is 1.79. The molecule has 0 bridgehead atoms. The summed E-state index contributed by atoms with van der Waals surface area (Å²) in [4.78, 5) is 29.6. The Labute approximate surface area is 94.5 Å². The first-order chi connectivity index (χ1) is 7.32. The number of rotatable bonds is 4. The summed E-state index contributed by atoms with van der Waals surface area (Å²) in [7, 11) is -4.17. The van der Waals surface area contributed by atoms with Crippen molar-refractivity contribution >= 4 is 13.4 Å². The average Bonchev–Trinajstić information content (AvgIpc) is 2.16. The van der Waals surface area contributed by atoms with Crippen molar-refractivity contribution in [2.24, 2.45) is 0 Å². The zero-order chi connectivity index (χ0) is 12.3. The van der Waals surface area contributed by atoms with Crippen molar-refractivity contribution in [2.75, 3.05) is 0 Å². The summed E-state index contributed by atoms with van der Waals surface area (Å²) in [5.41, 5.74) is 0.424. The molecule has 1 unspecified atom stereocenters. The number of benzene rings is 1. The van der Waals surface area contributed by atoms with Gasteiger partial charge in [-0.2, -0.15) is 0 Å². The van der Waals surface area contributed by atoms with E-state index in [1.54, 1.807) is 25.1 Å². The predicted molar refractivity (Wildman–Crippen MR) is 61.6 cm³/mol. The van der Waals surface area contributed by atoms with Gasteiger partial charge >= 0.3 is 7.60 Å². The van der Waals surface area contributed by atoms with Crippen LogP contribution in [-0.2, 0) is 4.57 Å². The van der Waals surface area contributed by atoms with E-state index in [0.717, 1.165) is 5.56 Å². The van der Waals surface area contributed by atoms with Gasteiger partial charge in [0.15, 0.2) is 5.78 Å². The maximum absolute atomic E-state index is 11.8. The van der Waals surface area contributed by atoms with Gasteiger partial charge in [-0.25, -0.2) is 0 Å². The molecule has 1 atom stereocenters. The van der Waals surface area contributed by atoms with Crippen LogP contribution in [0, 0.1) is 6.92 Å². The van der Waals surface area contributed by atoms with Crippen molar-refractivity contribution in [3.8, 4) is 0 Å². The van der Waals surface area contributed by atoms with E-state index in [4.69, 9.17) is 9.79 Å². The van der Waals surface area contributed by atoms with E-state index >= 15 is 0 Å². The number of carbonyl (C=O) groups is 1. The first-order valence-electron chi connectivity index (χ1n) is 4.96. The Morgan fingerprint density at radius 3 is 2.44 bits per heavy atom. The fraction of sp³-hybridized carbons (Fsp3) is 0.364. The zero-order valence-electron chi connectivity index (χ0n) is 9.25. The van der Waals surface area contributed by atoms with Gasteiger partial charge < -0.3 is 9.79 Å². The maximum Gasteiger partial charge on any atom is 0.328 e. The molecule has 0 saturated carbocycles. The SMILES string of the molecule is Cc1ccccc1C(=O)CC(C)P(=O)(O)O. The van der Waals surface area contributed by atoms with Crippen LogP contribution < -0.4 is 0 Å². The fourth-order valence-electron chi connectivity index (χ4n) is 1.38. The summed E-state index contributed by atoms with van der Waals surface area (Å²) >= 11 is 0. The molecule has 0 fully saturated rings. The van der Waals surface area contributed by atoms with E-state index < -0.39 is 13.3 Å². The molecular weight excluding hydrogens is 227 g/mol. The lowest BCUT2D eigenvalue weighted by Crippen LogP contribution is -2.12. The Hall–Kier alpha value is -0.960. The smallest absolute Gasteiger partial charge is 0.324 e. The second-order valence-electron chi connectivity index (χ2n) is 3.88. The van der Waals surface area contributed by atoms with Crippen LogP contribution >= 0.6 is 7.60 Å². The van der Waals surface area contributed by atoms with Crippen molar-refractivity contribution in [1.29, 1.82) is 0 Å². The molecule has 0 aromatic heterocycles. The van der Waals surface area contributed by atoms with Gasteiger partial charge in [0.1, 0.15) is 0 Å². The minimum Gasteiger partial charge on any atom is -0.324 e. The monoisotopic (exact) mass is 242 g/mol. The van der Waals surface area contributed by atoms with Gasteiger partial charge in [-0.05, 0) is 12.5 Å². The van der Waals surface area contributed by atoms with Crippen LogP contribution in [0.25, 0.3) is 0 Å². The molecule has 0 heterocycles. The van der Waals surface area contributed by atoms with E-state index in [1.165, 1.54) is 6.92 Å². The quantitative estimate of drug-likeness (QED) is 0.626. The topological polar surface area (TPSA) is 74.6 Å². The van der Waals surface area contributed by atoms with E-state index in [9.17, 15) is 9.36 Å². The molecule has 0 saturated heterocycles. The lowest BCUT2D eigenvalue weighted by molar-refractivity contribution is 0.0978. The molecule has 1 aromatic rings. The Morgan fingerprint density at radius 2 is 1.94 bits per heavy atom. The molecule has 0 radical (unpaired) electrons. The minimum atomic E-state index is -4.17. The lowest BCUT2D eigenvalue weighted by Gasteiger charge is -2.13.